The van der Waals surface area contributed by atoms with Gasteiger partial charge < -0.3 is 0 Å². The molecule has 92 valence electrons. The predicted octanol–water partition coefficient (Wildman–Crippen LogP) is 4.33. The van der Waals surface area contributed by atoms with Crippen molar-refractivity contribution in [1.82, 2.24) is 0 Å². The van der Waals surface area contributed by atoms with Crippen LogP contribution < -0.4 is 6.25 Å². The fraction of sp³-hybridized carbons (Fsp3) is 0.143. The Kier molecular flexibility index (Phi) is 5.49. The van der Waals surface area contributed by atoms with Crippen molar-refractivity contribution in [3.63, 3.8) is 0 Å². The van der Waals surface area contributed by atoms with E-state index in [9.17, 15) is 0 Å². The molecule has 2 rings (SSSR count). The van der Waals surface area contributed by atoms with E-state index < -0.39 is 20.3 Å². The first-order chi connectivity index (χ1) is 8.49. The van der Waals surface area contributed by atoms with Crippen molar-refractivity contribution in [3.8, 4) is 0 Å². The van der Waals surface area contributed by atoms with Crippen LogP contribution in [0.15, 0.2) is 45.3 Å². The third-order valence-corrected chi connectivity index (χ3v) is 24.3. The molecule has 0 aliphatic heterocycles. The quantitative estimate of drug-likeness (QED) is 0.437. The number of hydrogen-bond acceptors (Lipinski definition) is 0. The predicted molar refractivity (Wildman–Crippen MR) is 91.7 cm³/mol. The van der Waals surface area contributed by atoms with Gasteiger partial charge in [0.15, 0.2) is 0 Å². The van der Waals surface area contributed by atoms with Crippen molar-refractivity contribution in [1.29, 1.82) is 0 Å². The first-order valence-corrected chi connectivity index (χ1v) is 21.5. The molecule has 0 spiro atoms. The second-order valence-corrected chi connectivity index (χ2v) is 21.8. The van der Waals surface area contributed by atoms with Gasteiger partial charge in [0.05, 0.1) is 0 Å². The van der Waals surface area contributed by atoms with Gasteiger partial charge in [-0.2, -0.15) is 0 Å². The Morgan fingerprint density at radius 3 is 1.50 bits per heavy atom. The molecule has 0 amide bonds. The maximum atomic E-state index is 4.01. The summed E-state index contributed by atoms with van der Waals surface area (Å²) in [7, 11) is 0. The van der Waals surface area contributed by atoms with Gasteiger partial charge in [-0.25, -0.2) is 0 Å². The summed E-state index contributed by atoms with van der Waals surface area (Å²) in [6.45, 7) is 4.24. The minimum atomic E-state index is -2.22. The number of aryl methyl sites for hydroxylation is 2. The summed E-state index contributed by atoms with van der Waals surface area (Å²) >= 11 is 9.17. The summed E-state index contributed by atoms with van der Waals surface area (Å²) < 4.78 is 5.40. The molecule has 0 heterocycles. The van der Waals surface area contributed by atoms with E-state index in [1.807, 2.05) is 0 Å². The van der Waals surface area contributed by atoms with Gasteiger partial charge in [0.25, 0.3) is 0 Å². The number of halogens is 3. The van der Waals surface area contributed by atoms with Crippen molar-refractivity contribution in [2.24, 2.45) is 0 Å². The van der Waals surface area contributed by atoms with E-state index in [0.29, 0.717) is 0 Å². The average Bonchev–Trinajstić information content (AvgIpc) is 2.28. The summed E-state index contributed by atoms with van der Waals surface area (Å²) in [6, 6.07) is 13.3. The molecule has 0 bridgehead atoms. The molecule has 2 aromatic rings. The van der Waals surface area contributed by atoms with Crippen LogP contribution >= 0.6 is 43.8 Å². The van der Waals surface area contributed by atoms with Gasteiger partial charge in [0.1, 0.15) is 0 Å². The standard InChI is InChI=1S/2C7H6Br.BrH.Tl/c2*1-6-3-2-4-7(8)5-6;;/h2*2-3,5H,1H3;1H;/q;;;+1/p-1. The van der Waals surface area contributed by atoms with Crippen molar-refractivity contribution >= 4 is 70.4 Å². The number of rotatable bonds is 2. The van der Waals surface area contributed by atoms with E-state index in [1.165, 1.54) is 26.3 Å². The van der Waals surface area contributed by atoms with Crippen LogP contribution in [0, 0.1) is 13.8 Å². The van der Waals surface area contributed by atoms with Gasteiger partial charge >= 0.3 is 141 Å². The minimum absolute atomic E-state index is 1.23. The normalized spacial score (nSPS) is 10.5. The number of benzene rings is 2. The van der Waals surface area contributed by atoms with Crippen LogP contribution in [-0.2, 0) is 0 Å². The van der Waals surface area contributed by atoms with E-state index in [1.54, 1.807) is 0 Å². The second kappa shape index (κ2) is 6.50. The van der Waals surface area contributed by atoms with E-state index in [4.69, 9.17) is 0 Å². The van der Waals surface area contributed by atoms with Crippen LogP contribution in [0.3, 0.4) is 0 Å². The average molecular weight is 624 g/mol. The van der Waals surface area contributed by atoms with E-state index in [0.717, 1.165) is 0 Å². The third-order valence-electron chi connectivity index (χ3n) is 2.86. The summed E-state index contributed by atoms with van der Waals surface area (Å²) in [4.78, 5) is 0. The zero-order valence-electron chi connectivity index (χ0n) is 10.2. The fourth-order valence-electron chi connectivity index (χ4n) is 1.84. The van der Waals surface area contributed by atoms with Gasteiger partial charge in [-0.15, -0.1) is 0 Å². The first-order valence-electron chi connectivity index (χ1n) is 5.65. The van der Waals surface area contributed by atoms with Gasteiger partial charge in [-0.05, 0) is 0 Å². The Bertz CT molecular complexity index is 530. The van der Waals surface area contributed by atoms with E-state index >= 15 is 0 Å². The zero-order valence-corrected chi connectivity index (χ0v) is 19.4. The molecule has 4 heteroatoms. The van der Waals surface area contributed by atoms with Crippen molar-refractivity contribution in [3.05, 3.63) is 56.5 Å². The van der Waals surface area contributed by atoms with Crippen LogP contribution in [0.5, 0.6) is 0 Å². The molecule has 0 aliphatic rings. The topological polar surface area (TPSA) is 0 Å². The first kappa shape index (κ1) is 15.2. The number of hydrogen-bond donors (Lipinski definition) is 0. The van der Waals surface area contributed by atoms with E-state index in [-0.39, 0.29) is 0 Å². The van der Waals surface area contributed by atoms with Crippen molar-refractivity contribution < 1.29 is 0 Å². The Morgan fingerprint density at radius 1 is 0.778 bits per heavy atom. The molecule has 0 aliphatic carbocycles. The van der Waals surface area contributed by atoms with Crippen LogP contribution in [0.2, 0.25) is 0 Å². The monoisotopic (exact) mass is 622 g/mol. The summed E-state index contributed by atoms with van der Waals surface area (Å²) in [5.74, 6) is 0. The Morgan fingerprint density at radius 2 is 1.17 bits per heavy atom. The molecule has 0 saturated heterocycles. The van der Waals surface area contributed by atoms with Crippen molar-refractivity contribution in [2.45, 2.75) is 13.8 Å². The van der Waals surface area contributed by atoms with Gasteiger partial charge in [0.2, 0.25) is 0 Å². The zero-order chi connectivity index (χ0) is 13.3. The van der Waals surface area contributed by atoms with Crippen LogP contribution in [0.25, 0.3) is 0 Å². The molecule has 2 aromatic carbocycles. The molecule has 0 nitrogen and oxygen atoms in total. The molecule has 0 fully saturated rings. The summed E-state index contributed by atoms with van der Waals surface area (Å²) in [6.07, 6.45) is 0. The molecular formula is C14H12Br3Tl. The maximum absolute atomic E-state index is 4.01. The van der Waals surface area contributed by atoms with E-state index in [2.05, 4.69) is 94.1 Å². The summed E-state index contributed by atoms with van der Waals surface area (Å²) in [5.41, 5.74) is 2.59. The van der Waals surface area contributed by atoms with Crippen LogP contribution in [0.4, 0.5) is 0 Å². The molecule has 0 atom stereocenters. The Labute approximate surface area is 139 Å². The third kappa shape index (κ3) is 3.46. The second-order valence-electron chi connectivity index (χ2n) is 4.41. The van der Waals surface area contributed by atoms with Gasteiger partial charge in [-0.3, -0.25) is 0 Å². The molecular weight excluding hydrogens is 612 g/mol. The van der Waals surface area contributed by atoms with Crippen LogP contribution in [-0.4, -0.2) is 20.3 Å². The molecule has 0 saturated carbocycles. The van der Waals surface area contributed by atoms with Gasteiger partial charge in [-0.1, -0.05) is 0 Å². The fourth-order valence-corrected chi connectivity index (χ4v) is 25.1. The van der Waals surface area contributed by atoms with Crippen molar-refractivity contribution in [2.75, 3.05) is 0 Å². The summed E-state index contributed by atoms with van der Waals surface area (Å²) in [5, 5.41) is 0. The Hall–Kier alpha value is 0.802. The van der Waals surface area contributed by atoms with Crippen LogP contribution in [0.1, 0.15) is 11.1 Å². The molecule has 18 heavy (non-hydrogen) atoms. The molecule has 0 unspecified atom stereocenters. The molecule has 0 aromatic heterocycles. The SMILES string of the molecule is Cc1cc[c]([Tl]([Br])[c]2ccc(C)cc2Br)c(Br)c1. The van der Waals surface area contributed by atoms with Gasteiger partial charge in [0, 0.05) is 0 Å². The molecule has 0 radical (unpaired) electrons. The molecule has 0 N–H and O–H groups in total. The Balaban J connectivity index is 2.44.